The van der Waals surface area contributed by atoms with Crippen molar-refractivity contribution >= 4 is 11.6 Å². The van der Waals surface area contributed by atoms with Crippen molar-refractivity contribution in [2.45, 2.75) is 27.7 Å². The zero-order valence-corrected chi connectivity index (χ0v) is 16.3. The average molecular weight is 364 g/mol. The average Bonchev–Trinajstić information content (AvgIpc) is 3.06. The van der Waals surface area contributed by atoms with Crippen LogP contribution in [0.5, 0.6) is 6.01 Å². The number of nitrogens with zero attached hydrogens (tertiary/aromatic N) is 3. The second-order valence-electron chi connectivity index (χ2n) is 7.45. The lowest BCUT2D eigenvalue weighted by molar-refractivity contribution is -0.123. The van der Waals surface area contributed by atoms with E-state index in [0.29, 0.717) is 11.8 Å². The molecule has 3 rings (SSSR count). The zero-order valence-electron chi connectivity index (χ0n) is 16.3. The maximum atomic E-state index is 12.1. The summed E-state index contributed by atoms with van der Waals surface area (Å²) < 4.78 is 6.95. The number of rotatable bonds is 4. The topological polar surface area (TPSA) is 69.0 Å². The molecule has 6 heteroatoms. The van der Waals surface area contributed by atoms with Gasteiger partial charge < -0.3 is 10.1 Å². The van der Waals surface area contributed by atoms with E-state index < -0.39 is 5.41 Å². The first-order valence-electron chi connectivity index (χ1n) is 8.78. The third kappa shape index (κ3) is 4.16. The maximum Gasteiger partial charge on any atom is 0.336 e. The smallest absolute Gasteiger partial charge is 0.336 e. The van der Waals surface area contributed by atoms with Gasteiger partial charge in [0.2, 0.25) is 5.91 Å². The minimum atomic E-state index is -0.448. The number of carbonyl (C=O) groups is 1. The summed E-state index contributed by atoms with van der Waals surface area (Å²) in [6, 6.07) is 15.9. The Morgan fingerprint density at radius 2 is 1.67 bits per heavy atom. The van der Waals surface area contributed by atoms with E-state index in [9.17, 15) is 4.79 Å². The number of hydrogen-bond acceptors (Lipinski definition) is 4. The summed E-state index contributed by atoms with van der Waals surface area (Å²) in [7, 11) is 1.55. The van der Waals surface area contributed by atoms with Gasteiger partial charge >= 0.3 is 6.01 Å². The summed E-state index contributed by atoms with van der Waals surface area (Å²) in [6.07, 6.45) is 0. The molecule has 0 radical (unpaired) electrons. The van der Waals surface area contributed by atoms with Crippen LogP contribution in [0.1, 0.15) is 26.3 Å². The molecule has 0 bridgehead atoms. The van der Waals surface area contributed by atoms with Gasteiger partial charge in [0.15, 0.2) is 5.82 Å². The quantitative estimate of drug-likeness (QED) is 0.752. The number of methoxy groups -OCH3 is 1. The molecular formula is C21H24N4O2. The third-order valence-corrected chi connectivity index (χ3v) is 4.13. The number of hydrogen-bond donors (Lipinski definition) is 1. The number of ether oxygens (including phenoxy) is 1. The highest BCUT2D eigenvalue weighted by molar-refractivity contribution is 5.94. The van der Waals surface area contributed by atoms with Gasteiger partial charge in [-0.2, -0.15) is 4.98 Å². The van der Waals surface area contributed by atoms with Crippen molar-refractivity contribution in [2.24, 2.45) is 5.41 Å². The van der Waals surface area contributed by atoms with Gasteiger partial charge in [-0.25, -0.2) is 4.68 Å². The van der Waals surface area contributed by atoms with E-state index in [4.69, 9.17) is 4.74 Å². The molecule has 140 valence electrons. The molecule has 1 amide bonds. The minimum absolute atomic E-state index is 0.0296. The molecule has 1 aromatic heterocycles. The zero-order chi connectivity index (χ0) is 19.6. The lowest BCUT2D eigenvalue weighted by Crippen LogP contribution is -2.27. The van der Waals surface area contributed by atoms with Gasteiger partial charge in [-0.15, -0.1) is 5.10 Å². The van der Waals surface area contributed by atoms with Gasteiger partial charge in [0.05, 0.1) is 12.8 Å². The summed E-state index contributed by atoms with van der Waals surface area (Å²) in [5, 5.41) is 7.34. The number of aryl methyl sites for hydroxylation is 1. The van der Waals surface area contributed by atoms with E-state index in [2.05, 4.69) is 15.4 Å². The van der Waals surface area contributed by atoms with E-state index in [0.717, 1.165) is 16.9 Å². The Morgan fingerprint density at radius 3 is 2.22 bits per heavy atom. The van der Waals surface area contributed by atoms with E-state index in [1.54, 1.807) is 11.8 Å². The molecule has 1 heterocycles. The summed E-state index contributed by atoms with van der Waals surface area (Å²) in [5.74, 6) is 0.663. The molecule has 0 saturated carbocycles. The Kier molecular flexibility index (Phi) is 4.99. The molecule has 1 N–H and O–H groups in total. The Bertz CT molecular complexity index is 936. The van der Waals surface area contributed by atoms with Crippen molar-refractivity contribution in [1.82, 2.24) is 14.8 Å². The minimum Gasteiger partial charge on any atom is -0.466 e. The molecule has 0 unspecified atom stereocenters. The van der Waals surface area contributed by atoms with Crippen LogP contribution < -0.4 is 10.1 Å². The SMILES string of the molecule is COc1nc(-c2ccc(C)cc2)n(-c2ccc(NC(=O)C(C)(C)C)cc2)n1. The second-order valence-corrected chi connectivity index (χ2v) is 7.45. The van der Waals surface area contributed by atoms with Crippen LogP contribution in [0.4, 0.5) is 5.69 Å². The van der Waals surface area contributed by atoms with Crippen molar-refractivity contribution in [3.63, 3.8) is 0 Å². The van der Waals surface area contributed by atoms with Gasteiger partial charge in [-0.05, 0) is 31.2 Å². The highest BCUT2D eigenvalue weighted by atomic mass is 16.5. The molecule has 0 fully saturated rings. The van der Waals surface area contributed by atoms with Crippen molar-refractivity contribution in [3.8, 4) is 23.1 Å². The fourth-order valence-corrected chi connectivity index (χ4v) is 2.45. The van der Waals surface area contributed by atoms with Gasteiger partial charge in [-0.1, -0.05) is 50.6 Å². The molecule has 0 saturated heterocycles. The lowest BCUT2D eigenvalue weighted by atomic mass is 9.95. The Morgan fingerprint density at radius 1 is 1.04 bits per heavy atom. The van der Waals surface area contributed by atoms with E-state index in [1.807, 2.05) is 76.2 Å². The number of aromatic nitrogens is 3. The first-order valence-corrected chi connectivity index (χ1v) is 8.78. The monoisotopic (exact) mass is 364 g/mol. The third-order valence-electron chi connectivity index (χ3n) is 4.13. The van der Waals surface area contributed by atoms with Crippen molar-refractivity contribution in [2.75, 3.05) is 12.4 Å². The molecule has 0 atom stereocenters. The number of carbonyl (C=O) groups excluding carboxylic acids is 1. The Labute approximate surface area is 159 Å². The highest BCUT2D eigenvalue weighted by Gasteiger charge is 2.21. The summed E-state index contributed by atoms with van der Waals surface area (Å²) in [4.78, 5) is 16.6. The maximum absolute atomic E-state index is 12.1. The molecule has 0 aliphatic carbocycles. The van der Waals surface area contributed by atoms with Crippen LogP contribution in [0.2, 0.25) is 0 Å². The molecule has 27 heavy (non-hydrogen) atoms. The van der Waals surface area contributed by atoms with E-state index in [-0.39, 0.29) is 5.91 Å². The van der Waals surface area contributed by atoms with Crippen molar-refractivity contribution in [3.05, 3.63) is 54.1 Å². The van der Waals surface area contributed by atoms with Crippen LogP contribution in [-0.4, -0.2) is 27.8 Å². The van der Waals surface area contributed by atoms with E-state index >= 15 is 0 Å². The van der Waals surface area contributed by atoms with Gasteiger partial charge in [-0.3, -0.25) is 4.79 Å². The van der Waals surface area contributed by atoms with Crippen LogP contribution in [0.15, 0.2) is 48.5 Å². The lowest BCUT2D eigenvalue weighted by Gasteiger charge is -2.17. The van der Waals surface area contributed by atoms with Gasteiger partial charge in [0.1, 0.15) is 0 Å². The standard InChI is InChI=1S/C21H24N4O2/c1-14-6-8-15(9-7-14)18-23-20(27-5)24-25(18)17-12-10-16(11-13-17)22-19(26)21(2,3)4/h6-13H,1-5H3,(H,22,26). The van der Waals surface area contributed by atoms with Crippen LogP contribution in [0, 0.1) is 12.3 Å². The molecule has 0 aliphatic rings. The summed E-state index contributed by atoms with van der Waals surface area (Å²) in [6.45, 7) is 7.68. The predicted octanol–water partition coefficient (Wildman–Crippen LogP) is 4.24. The Balaban J connectivity index is 1.93. The van der Waals surface area contributed by atoms with Crippen LogP contribution in [0.3, 0.4) is 0 Å². The van der Waals surface area contributed by atoms with Gasteiger partial charge in [0, 0.05) is 16.7 Å². The molecule has 0 aliphatic heterocycles. The molecule has 2 aromatic carbocycles. The fourth-order valence-electron chi connectivity index (χ4n) is 2.45. The van der Waals surface area contributed by atoms with E-state index in [1.165, 1.54) is 5.56 Å². The van der Waals surface area contributed by atoms with Crippen LogP contribution in [0.25, 0.3) is 17.1 Å². The van der Waals surface area contributed by atoms with Crippen molar-refractivity contribution in [1.29, 1.82) is 0 Å². The Hall–Kier alpha value is -3.15. The largest absolute Gasteiger partial charge is 0.466 e. The number of anilines is 1. The number of benzene rings is 2. The first-order chi connectivity index (χ1) is 12.8. The highest BCUT2D eigenvalue weighted by Crippen LogP contribution is 2.25. The number of nitrogens with one attached hydrogen (secondary N) is 1. The summed E-state index contributed by atoms with van der Waals surface area (Å²) in [5.41, 5.74) is 3.24. The first kappa shape index (κ1) is 18.6. The second kappa shape index (κ2) is 7.23. The van der Waals surface area contributed by atoms with Crippen LogP contribution in [-0.2, 0) is 4.79 Å². The molecule has 3 aromatic rings. The predicted molar refractivity (Wildman–Crippen MR) is 106 cm³/mol. The molecular weight excluding hydrogens is 340 g/mol. The molecule has 0 spiro atoms. The summed E-state index contributed by atoms with van der Waals surface area (Å²) >= 11 is 0. The van der Waals surface area contributed by atoms with Crippen molar-refractivity contribution < 1.29 is 9.53 Å². The normalized spacial score (nSPS) is 11.3. The van der Waals surface area contributed by atoms with Crippen LogP contribution >= 0.6 is 0 Å². The molecule has 6 nitrogen and oxygen atoms in total. The number of amides is 1. The van der Waals surface area contributed by atoms with Gasteiger partial charge in [0.25, 0.3) is 0 Å². The fraction of sp³-hybridized carbons (Fsp3) is 0.286.